The number of aryl methyl sites for hydroxylation is 1. The van der Waals surface area contributed by atoms with Gasteiger partial charge in [-0.25, -0.2) is 0 Å². The average Bonchev–Trinajstić information content (AvgIpc) is 3.05. The predicted molar refractivity (Wildman–Crippen MR) is 117 cm³/mol. The lowest BCUT2D eigenvalue weighted by atomic mass is 10.1. The Balaban J connectivity index is 1.71. The van der Waals surface area contributed by atoms with Gasteiger partial charge in [-0.15, -0.1) is 0 Å². The Morgan fingerprint density at radius 1 is 0.933 bits per heavy atom. The van der Waals surface area contributed by atoms with Crippen LogP contribution in [0.2, 0.25) is 0 Å². The minimum atomic E-state index is -0.436. The van der Waals surface area contributed by atoms with Crippen LogP contribution in [-0.2, 0) is 11.3 Å². The van der Waals surface area contributed by atoms with Crippen molar-refractivity contribution in [2.45, 2.75) is 13.5 Å². The van der Waals surface area contributed by atoms with E-state index in [9.17, 15) is 14.9 Å². The zero-order valence-electron chi connectivity index (χ0n) is 16.5. The molecule has 5 nitrogen and oxygen atoms in total. The van der Waals surface area contributed by atoms with Crippen molar-refractivity contribution in [1.82, 2.24) is 4.90 Å². The first-order valence-electron chi connectivity index (χ1n) is 9.62. The summed E-state index contributed by atoms with van der Waals surface area (Å²) >= 11 is 0. The molecule has 30 heavy (non-hydrogen) atoms. The van der Waals surface area contributed by atoms with E-state index < -0.39 is 4.92 Å². The molecule has 4 rings (SSSR count). The van der Waals surface area contributed by atoms with Crippen LogP contribution in [-0.4, -0.2) is 15.7 Å². The third-order valence-electron chi connectivity index (χ3n) is 5.03. The van der Waals surface area contributed by atoms with Crippen LogP contribution >= 0.6 is 0 Å². The molecule has 0 radical (unpaired) electrons. The molecule has 0 spiro atoms. The van der Waals surface area contributed by atoms with E-state index in [1.807, 2.05) is 67.6 Å². The topological polar surface area (TPSA) is 63.5 Å². The Labute approximate surface area is 174 Å². The van der Waals surface area contributed by atoms with E-state index in [0.717, 1.165) is 28.0 Å². The first-order chi connectivity index (χ1) is 14.5. The fraction of sp³-hybridized carbons (Fsp3) is 0.0800. The summed E-state index contributed by atoms with van der Waals surface area (Å²) in [6, 6.07) is 24.1. The molecule has 5 heteroatoms. The Hall–Kier alpha value is -3.99. The third kappa shape index (κ3) is 4.05. The molecule has 0 N–H and O–H groups in total. The summed E-state index contributed by atoms with van der Waals surface area (Å²) in [6.07, 6.45) is 3.66. The van der Waals surface area contributed by atoms with E-state index in [1.54, 1.807) is 23.1 Å². The molecule has 0 saturated heterocycles. The maximum Gasteiger partial charge on any atom is 0.269 e. The van der Waals surface area contributed by atoms with E-state index in [2.05, 4.69) is 0 Å². The lowest BCUT2D eigenvalue weighted by molar-refractivity contribution is -0.384. The lowest BCUT2D eigenvalue weighted by Gasteiger charge is -2.21. The number of nitrogens with zero attached hydrogens (tertiary/aromatic N) is 2. The SMILES string of the molecule is Cc1ccc(C2=C/C(=C\c3ccc([N+](=O)[O-])cc3)C(=O)N2Cc2ccccc2)cc1. The molecule has 3 aromatic rings. The smallest absolute Gasteiger partial charge is 0.269 e. The number of hydrogen-bond donors (Lipinski definition) is 0. The number of non-ortho nitro benzene ring substituents is 1. The number of carbonyl (C=O) groups is 1. The number of carbonyl (C=O) groups excluding carboxylic acids is 1. The summed E-state index contributed by atoms with van der Waals surface area (Å²) < 4.78 is 0. The van der Waals surface area contributed by atoms with Crippen LogP contribution in [0.15, 0.2) is 90.5 Å². The molecule has 1 heterocycles. The van der Waals surface area contributed by atoms with Crippen molar-refractivity contribution in [1.29, 1.82) is 0 Å². The van der Waals surface area contributed by atoms with Gasteiger partial charge in [-0.2, -0.15) is 0 Å². The fourth-order valence-electron chi connectivity index (χ4n) is 3.41. The number of amides is 1. The maximum absolute atomic E-state index is 13.2. The van der Waals surface area contributed by atoms with E-state index in [0.29, 0.717) is 12.1 Å². The van der Waals surface area contributed by atoms with Crippen molar-refractivity contribution in [3.63, 3.8) is 0 Å². The van der Waals surface area contributed by atoms with Crippen molar-refractivity contribution in [2.75, 3.05) is 0 Å². The summed E-state index contributed by atoms with van der Waals surface area (Å²) in [5.74, 6) is -0.0900. The number of rotatable bonds is 5. The molecule has 0 unspecified atom stereocenters. The second kappa shape index (κ2) is 8.17. The zero-order chi connectivity index (χ0) is 21.1. The number of benzene rings is 3. The highest BCUT2D eigenvalue weighted by Crippen LogP contribution is 2.32. The second-order valence-electron chi connectivity index (χ2n) is 7.22. The minimum absolute atomic E-state index is 0.0245. The molecule has 148 valence electrons. The van der Waals surface area contributed by atoms with Gasteiger partial charge in [0.05, 0.1) is 17.2 Å². The molecule has 3 aromatic carbocycles. The van der Waals surface area contributed by atoms with Crippen molar-refractivity contribution < 1.29 is 9.72 Å². The molecular weight excluding hydrogens is 376 g/mol. The zero-order valence-corrected chi connectivity index (χ0v) is 16.5. The first-order valence-corrected chi connectivity index (χ1v) is 9.62. The van der Waals surface area contributed by atoms with Gasteiger partial charge in [-0.1, -0.05) is 60.2 Å². The van der Waals surface area contributed by atoms with E-state index >= 15 is 0 Å². The summed E-state index contributed by atoms with van der Waals surface area (Å²) in [5, 5.41) is 10.9. The van der Waals surface area contributed by atoms with E-state index in [4.69, 9.17) is 0 Å². The second-order valence-corrected chi connectivity index (χ2v) is 7.22. The number of nitro benzene ring substituents is 1. The molecule has 1 amide bonds. The van der Waals surface area contributed by atoms with Crippen LogP contribution < -0.4 is 0 Å². The molecule has 0 bridgehead atoms. The first kappa shape index (κ1) is 19.3. The summed E-state index contributed by atoms with van der Waals surface area (Å²) in [4.78, 5) is 25.4. The molecule has 1 aliphatic heterocycles. The van der Waals surface area contributed by atoms with Crippen molar-refractivity contribution >= 4 is 23.4 Å². The molecule has 0 aromatic heterocycles. The van der Waals surface area contributed by atoms with Gasteiger partial charge in [0.1, 0.15) is 0 Å². The van der Waals surface area contributed by atoms with Crippen LogP contribution in [0.1, 0.15) is 22.3 Å². The number of nitro groups is 1. The fourth-order valence-corrected chi connectivity index (χ4v) is 3.41. The Morgan fingerprint density at radius 3 is 2.23 bits per heavy atom. The summed E-state index contributed by atoms with van der Waals surface area (Å²) in [6.45, 7) is 2.50. The highest BCUT2D eigenvalue weighted by Gasteiger charge is 2.29. The third-order valence-corrected chi connectivity index (χ3v) is 5.03. The van der Waals surface area contributed by atoms with Crippen molar-refractivity contribution in [3.05, 3.63) is 123 Å². The highest BCUT2D eigenvalue weighted by molar-refractivity contribution is 6.10. The van der Waals surface area contributed by atoms with Crippen LogP contribution in [0.25, 0.3) is 11.8 Å². The Morgan fingerprint density at radius 2 is 1.60 bits per heavy atom. The van der Waals surface area contributed by atoms with E-state index in [1.165, 1.54) is 12.1 Å². The highest BCUT2D eigenvalue weighted by atomic mass is 16.6. The van der Waals surface area contributed by atoms with Gasteiger partial charge in [0.25, 0.3) is 11.6 Å². The molecule has 1 aliphatic rings. The van der Waals surface area contributed by atoms with Gasteiger partial charge < -0.3 is 4.90 Å². The Bertz CT molecular complexity index is 1150. The standard InChI is InChI=1S/C25H20N2O3/c1-18-7-11-21(12-8-18)24-16-22(15-19-9-13-23(14-10-19)27(29)30)25(28)26(24)17-20-5-3-2-4-6-20/h2-16H,17H2,1H3/b22-15+. The van der Waals surface area contributed by atoms with Crippen molar-refractivity contribution in [2.24, 2.45) is 0 Å². The molecular formula is C25H20N2O3. The van der Waals surface area contributed by atoms with Crippen LogP contribution in [0.3, 0.4) is 0 Å². The minimum Gasteiger partial charge on any atom is -0.303 e. The van der Waals surface area contributed by atoms with Crippen LogP contribution in [0, 0.1) is 17.0 Å². The molecule has 0 saturated carbocycles. The molecule has 0 aliphatic carbocycles. The molecule has 0 fully saturated rings. The van der Waals surface area contributed by atoms with Crippen LogP contribution in [0.5, 0.6) is 0 Å². The Kier molecular flexibility index (Phi) is 5.26. The van der Waals surface area contributed by atoms with Crippen molar-refractivity contribution in [3.8, 4) is 0 Å². The summed E-state index contributed by atoms with van der Waals surface area (Å²) in [7, 11) is 0. The lowest BCUT2D eigenvalue weighted by Crippen LogP contribution is -2.25. The van der Waals surface area contributed by atoms with Crippen LogP contribution in [0.4, 0.5) is 5.69 Å². The van der Waals surface area contributed by atoms with Gasteiger partial charge in [0, 0.05) is 17.7 Å². The normalized spacial score (nSPS) is 14.8. The number of hydrogen-bond acceptors (Lipinski definition) is 3. The van der Waals surface area contributed by atoms with Gasteiger partial charge in [-0.3, -0.25) is 14.9 Å². The monoisotopic (exact) mass is 396 g/mol. The average molecular weight is 396 g/mol. The maximum atomic E-state index is 13.2. The van der Waals surface area contributed by atoms with E-state index in [-0.39, 0.29) is 11.6 Å². The van der Waals surface area contributed by atoms with Gasteiger partial charge >= 0.3 is 0 Å². The molecule has 0 atom stereocenters. The van der Waals surface area contributed by atoms with Gasteiger partial charge in [0.15, 0.2) is 0 Å². The largest absolute Gasteiger partial charge is 0.303 e. The quantitative estimate of drug-likeness (QED) is 0.331. The van der Waals surface area contributed by atoms with Gasteiger partial charge in [-0.05, 0) is 47.9 Å². The summed E-state index contributed by atoms with van der Waals surface area (Å²) in [5.41, 5.74) is 5.33. The van der Waals surface area contributed by atoms with Gasteiger partial charge in [0.2, 0.25) is 0 Å². The predicted octanol–water partition coefficient (Wildman–Crippen LogP) is 5.37.